The first-order valence-corrected chi connectivity index (χ1v) is 10.1. The highest BCUT2D eigenvalue weighted by Gasteiger charge is 2.42. The van der Waals surface area contributed by atoms with E-state index in [1.165, 1.54) is 17.7 Å². The molecule has 0 N–H and O–H groups in total. The molecule has 5 rings (SSSR count). The fraction of sp³-hybridized carbons (Fsp3) is 0.174. The van der Waals surface area contributed by atoms with Crippen molar-refractivity contribution in [3.63, 3.8) is 0 Å². The fourth-order valence-electron chi connectivity index (χ4n) is 3.88. The number of nitrogens with zero attached hydrogens (tertiary/aromatic N) is 2. The molecule has 146 valence electrons. The molecule has 2 heterocycles. The highest BCUT2D eigenvalue weighted by atomic mass is 35.5. The SMILES string of the molecule is Cc1ccc(C2=NN3[C@@H](c4ccc(F)cc4)Oc4c(Cl)cc(Cl)cc4[C@@H]3C2)cc1. The summed E-state index contributed by atoms with van der Waals surface area (Å²) < 4.78 is 19.7. The van der Waals surface area contributed by atoms with Crippen LogP contribution in [0.4, 0.5) is 4.39 Å². The number of hydrogen-bond donors (Lipinski definition) is 0. The molecule has 0 saturated carbocycles. The van der Waals surface area contributed by atoms with Crippen LogP contribution in [0.25, 0.3) is 0 Å². The first-order valence-electron chi connectivity index (χ1n) is 9.33. The van der Waals surface area contributed by atoms with Crippen molar-refractivity contribution in [3.05, 3.63) is 98.8 Å². The Balaban J connectivity index is 1.62. The van der Waals surface area contributed by atoms with Gasteiger partial charge < -0.3 is 4.74 Å². The lowest BCUT2D eigenvalue weighted by molar-refractivity contribution is -0.0189. The van der Waals surface area contributed by atoms with Crippen LogP contribution in [0.15, 0.2) is 65.8 Å². The number of benzene rings is 3. The number of halogens is 3. The average Bonchev–Trinajstić information content (AvgIpc) is 3.14. The van der Waals surface area contributed by atoms with E-state index in [1.807, 2.05) is 11.1 Å². The lowest BCUT2D eigenvalue weighted by Gasteiger charge is -2.38. The largest absolute Gasteiger partial charge is 0.463 e. The molecule has 0 spiro atoms. The van der Waals surface area contributed by atoms with Crippen LogP contribution in [-0.2, 0) is 0 Å². The zero-order chi connectivity index (χ0) is 20.1. The third-order valence-corrected chi connectivity index (χ3v) is 5.85. The van der Waals surface area contributed by atoms with Gasteiger partial charge in [0.15, 0.2) is 0 Å². The molecule has 0 fully saturated rings. The van der Waals surface area contributed by atoms with Gasteiger partial charge in [-0.05, 0) is 36.8 Å². The van der Waals surface area contributed by atoms with Crippen molar-refractivity contribution in [2.45, 2.75) is 25.6 Å². The summed E-state index contributed by atoms with van der Waals surface area (Å²) in [6.07, 6.45) is 0.197. The minimum absolute atomic E-state index is 0.0682. The number of fused-ring (bicyclic) bond motifs is 3. The van der Waals surface area contributed by atoms with Gasteiger partial charge in [-0.1, -0.05) is 65.2 Å². The van der Waals surface area contributed by atoms with E-state index in [2.05, 4.69) is 31.2 Å². The van der Waals surface area contributed by atoms with E-state index in [4.69, 9.17) is 33.0 Å². The predicted octanol–water partition coefficient (Wildman–Crippen LogP) is 6.68. The summed E-state index contributed by atoms with van der Waals surface area (Å²) in [5, 5.41) is 7.84. The van der Waals surface area contributed by atoms with E-state index >= 15 is 0 Å². The molecular formula is C23H17Cl2FN2O. The van der Waals surface area contributed by atoms with Crippen LogP contribution in [0.5, 0.6) is 5.75 Å². The maximum absolute atomic E-state index is 13.5. The molecule has 0 saturated heterocycles. The minimum atomic E-state index is -0.505. The zero-order valence-corrected chi connectivity index (χ0v) is 17.1. The van der Waals surface area contributed by atoms with Gasteiger partial charge >= 0.3 is 0 Å². The highest BCUT2D eigenvalue weighted by molar-refractivity contribution is 6.35. The molecule has 0 amide bonds. The van der Waals surface area contributed by atoms with Crippen LogP contribution in [0, 0.1) is 12.7 Å². The molecule has 0 bridgehead atoms. The average molecular weight is 427 g/mol. The van der Waals surface area contributed by atoms with Crippen molar-refractivity contribution in [2.24, 2.45) is 5.10 Å². The van der Waals surface area contributed by atoms with Crippen molar-refractivity contribution in [2.75, 3.05) is 0 Å². The Kier molecular flexibility index (Phi) is 4.49. The Hall–Kier alpha value is -2.56. The number of aryl methyl sites for hydroxylation is 1. The molecule has 3 nitrogen and oxygen atoms in total. The van der Waals surface area contributed by atoms with E-state index < -0.39 is 6.23 Å². The lowest BCUT2D eigenvalue weighted by Crippen LogP contribution is -2.33. The molecule has 2 atom stereocenters. The number of hydrogen-bond acceptors (Lipinski definition) is 3. The maximum atomic E-state index is 13.5. The molecule has 6 heteroatoms. The summed E-state index contributed by atoms with van der Waals surface area (Å²) in [6, 6.07) is 18.1. The van der Waals surface area contributed by atoms with Crippen molar-refractivity contribution >= 4 is 28.9 Å². The minimum Gasteiger partial charge on any atom is -0.463 e. The predicted molar refractivity (Wildman–Crippen MR) is 113 cm³/mol. The highest BCUT2D eigenvalue weighted by Crippen LogP contribution is 2.50. The molecule has 0 radical (unpaired) electrons. The van der Waals surface area contributed by atoms with Crippen LogP contribution >= 0.6 is 23.2 Å². The van der Waals surface area contributed by atoms with Gasteiger partial charge in [-0.2, -0.15) is 5.10 Å². The normalized spacial score (nSPS) is 20.0. The Labute approximate surface area is 178 Å². The molecule has 0 aromatic heterocycles. The van der Waals surface area contributed by atoms with Gasteiger partial charge in [0.1, 0.15) is 11.6 Å². The third-order valence-electron chi connectivity index (χ3n) is 5.35. The monoisotopic (exact) mass is 426 g/mol. The molecule has 0 unspecified atom stereocenters. The molecular weight excluding hydrogens is 410 g/mol. The van der Waals surface area contributed by atoms with Gasteiger partial charge in [0.25, 0.3) is 0 Å². The lowest BCUT2D eigenvalue weighted by atomic mass is 9.95. The molecule has 2 aliphatic rings. The molecule has 0 aliphatic carbocycles. The summed E-state index contributed by atoms with van der Waals surface area (Å²) in [7, 11) is 0. The summed E-state index contributed by atoms with van der Waals surface area (Å²) in [6.45, 7) is 2.06. The fourth-order valence-corrected chi connectivity index (χ4v) is 4.44. The van der Waals surface area contributed by atoms with Gasteiger partial charge in [-0.25, -0.2) is 9.40 Å². The maximum Gasteiger partial charge on any atom is 0.213 e. The van der Waals surface area contributed by atoms with Crippen molar-refractivity contribution in [1.29, 1.82) is 0 Å². The van der Waals surface area contributed by atoms with Crippen LogP contribution in [0.2, 0.25) is 10.0 Å². The Morgan fingerprint density at radius 1 is 1.03 bits per heavy atom. The topological polar surface area (TPSA) is 24.8 Å². The third kappa shape index (κ3) is 3.26. The number of hydrazone groups is 1. The van der Waals surface area contributed by atoms with E-state index in [9.17, 15) is 4.39 Å². The summed E-state index contributed by atoms with van der Waals surface area (Å²) in [5.74, 6) is 0.309. The molecule has 29 heavy (non-hydrogen) atoms. The van der Waals surface area contributed by atoms with Crippen molar-refractivity contribution in [1.82, 2.24) is 5.01 Å². The smallest absolute Gasteiger partial charge is 0.213 e. The summed E-state index contributed by atoms with van der Waals surface area (Å²) in [4.78, 5) is 0. The van der Waals surface area contributed by atoms with E-state index in [0.717, 1.165) is 22.4 Å². The second kappa shape index (κ2) is 7.05. The standard InChI is InChI=1S/C23H17Cl2FN2O/c1-13-2-4-14(5-3-13)20-12-21-18-10-16(24)11-19(25)22(18)29-23(28(21)27-20)15-6-8-17(26)9-7-15/h2-11,21,23H,12H2,1H3/t21-,23+/m0/s1. The first-order chi connectivity index (χ1) is 14.0. The Morgan fingerprint density at radius 2 is 1.76 bits per heavy atom. The van der Waals surface area contributed by atoms with Crippen LogP contribution in [0.1, 0.15) is 40.9 Å². The van der Waals surface area contributed by atoms with Gasteiger partial charge in [0.2, 0.25) is 6.23 Å². The van der Waals surface area contributed by atoms with Crippen molar-refractivity contribution in [3.8, 4) is 5.75 Å². The number of rotatable bonds is 2. The van der Waals surface area contributed by atoms with Gasteiger partial charge in [0.05, 0.1) is 16.8 Å². The van der Waals surface area contributed by atoms with Crippen LogP contribution < -0.4 is 4.74 Å². The summed E-state index contributed by atoms with van der Waals surface area (Å²) >= 11 is 12.7. The second-order valence-corrected chi connectivity index (χ2v) is 8.18. The molecule has 3 aromatic carbocycles. The zero-order valence-electron chi connectivity index (χ0n) is 15.6. The first kappa shape index (κ1) is 18.5. The Morgan fingerprint density at radius 3 is 2.48 bits per heavy atom. The van der Waals surface area contributed by atoms with Gasteiger partial charge in [-0.15, -0.1) is 0 Å². The van der Waals surface area contributed by atoms with E-state index in [-0.39, 0.29) is 11.9 Å². The van der Waals surface area contributed by atoms with Crippen LogP contribution in [0.3, 0.4) is 0 Å². The molecule has 2 aliphatic heterocycles. The van der Waals surface area contributed by atoms with Gasteiger partial charge in [-0.3, -0.25) is 0 Å². The quantitative estimate of drug-likeness (QED) is 0.456. The Bertz CT molecular complexity index is 1110. The van der Waals surface area contributed by atoms with E-state index in [1.54, 1.807) is 18.2 Å². The van der Waals surface area contributed by atoms with E-state index in [0.29, 0.717) is 22.2 Å². The van der Waals surface area contributed by atoms with Crippen molar-refractivity contribution < 1.29 is 9.13 Å². The van der Waals surface area contributed by atoms with Crippen LogP contribution in [-0.4, -0.2) is 10.7 Å². The second-order valence-electron chi connectivity index (χ2n) is 7.34. The van der Waals surface area contributed by atoms with Gasteiger partial charge in [0, 0.05) is 22.6 Å². The summed E-state index contributed by atoms with van der Waals surface area (Å²) in [5.41, 5.74) is 4.95. The number of ether oxygens (including phenoxy) is 1. The molecule has 3 aromatic rings.